The van der Waals surface area contributed by atoms with Crippen molar-refractivity contribution in [3.05, 3.63) is 77.8 Å². The first-order valence-corrected chi connectivity index (χ1v) is 7.08. The lowest BCUT2D eigenvalue weighted by atomic mass is 10.1. The number of rotatable bonds is 4. The molecule has 0 aliphatic rings. The standard InChI is InChI=1S/C18H16N2O2/c1-13-11-16(17(22-13)14-7-3-2-4-8-14)18(21)20-12-15-9-5-6-10-19-15/h2-11H,12H2,1H3,(H,20,21). The molecule has 2 aromatic heterocycles. The Kier molecular flexibility index (Phi) is 4.01. The average Bonchev–Trinajstić information content (AvgIpc) is 2.96. The fraction of sp³-hybridized carbons (Fsp3) is 0.111. The van der Waals surface area contributed by atoms with Crippen LogP contribution in [0.1, 0.15) is 21.8 Å². The summed E-state index contributed by atoms with van der Waals surface area (Å²) in [5, 5.41) is 2.88. The molecule has 110 valence electrons. The highest BCUT2D eigenvalue weighted by Crippen LogP contribution is 2.27. The Morgan fingerprint density at radius 3 is 2.64 bits per heavy atom. The summed E-state index contributed by atoms with van der Waals surface area (Å²) >= 11 is 0. The molecule has 0 unspecified atom stereocenters. The second-order valence-corrected chi connectivity index (χ2v) is 4.97. The molecule has 1 aromatic carbocycles. The highest BCUT2D eigenvalue weighted by molar-refractivity contribution is 5.99. The van der Waals surface area contributed by atoms with Gasteiger partial charge in [0.2, 0.25) is 0 Å². The van der Waals surface area contributed by atoms with Crippen molar-refractivity contribution in [3.8, 4) is 11.3 Å². The van der Waals surface area contributed by atoms with E-state index in [1.54, 1.807) is 12.3 Å². The molecular weight excluding hydrogens is 276 g/mol. The normalized spacial score (nSPS) is 10.4. The molecule has 0 aliphatic carbocycles. The first kappa shape index (κ1) is 14.1. The molecule has 0 radical (unpaired) electrons. The van der Waals surface area contributed by atoms with E-state index in [-0.39, 0.29) is 5.91 Å². The Balaban J connectivity index is 1.81. The summed E-state index contributed by atoms with van der Waals surface area (Å²) in [4.78, 5) is 16.6. The summed E-state index contributed by atoms with van der Waals surface area (Å²) in [7, 11) is 0. The van der Waals surface area contributed by atoms with Crippen molar-refractivity contribution < 1.29 is 9.21 Å². The molecule has 0 aliphatic heterocycles. The number of pyridine rings is 1. The Morgan fingerprint density at radius 2 is 1.91 bits per heavy atom. The molecule has 22 heavy (non-hydrogen) atoms. The van der Waals surface area contributed by atoms with Gasteiger partial charge in [-0.3, -0.25) is 9.78 Å². The molecule has 1 amide bonds. The van der Waals surface area contributed by atoms with Crippen LogP contribution in [0.15, 0.2) is 65.2 Å². The van der Waals surface area contributed by atoms with Crippen LogP contribution in [-0.4, -0.2) is 10.9 Å². The number of furan rings is 1. The maximum atomic E-state index is 12.4. The topological polar surface area (TPSA) is 55.1 Å². The number of carbonyl (C=O) groups excluding carboxylic acids is 1. The number of benzene rings is 1. The second kappa shape index (κ2) is 6.26. The zero-order valence-electron chi connectivity index (χ0n) is 12.2. The van der Waals surface area contributed by atoms with Gasteiger partial charge in [0.05, 0.1) is 17.8 Å². The van der Waals surface area contributed by atoms with Crippen LogP contribution >= 0.6 is 0 Å². The maximum absolute atomic E-state index is 12.4. The largest absolute Gasteiger partial charge is 0.461 e. The third-order valence-electron chi connectivity index (χ3n) is 3.29. The molecule has 3 rings (SSSR count). The fourth-order valence-electron chi connectivity index (χ4n) is 2.26. The van der Waals surface area contributed by atoms with Gasteiger partial charge in [-0.05, 0) is 25.1 Å². The van der Waals surface area contributed by atoms with Gasteiger partial charge in [0.25, 0.3) is 5.91 Å². The third kappa shape index (κ3) is 3.06. The van der Waals surface area contributed by atoms with Gasteiger partial charge >= 0.3 is 0 Å². The van der Waals surface area contributed by atoms with Crippen molar-refractivity contribution >= 4 is 5.91 Å². The number of amides is 1. The van der Waals surface area contributed by atoms with E-state index in [1.165, 1.54) is 0 Å². The van der Waals surface area contributed by atoms with Gasteiger partial charge in [-0.1, -0.05) is 36.4 Å². The molecule has 0 bridgehead atoms. The van der Waals surface area contributed by atoms with Gasteiger partial charge in [0, 0.05) is 11.8 Å². The molecule has 3 aromatic rings. The lowest BCUT2D eigenvalue weighted by Crippen LogP contribution is -2.23. The summed E-state index contributed by atoms with van der Waals surface area (Å²) in [5.74, 6) is 1.14. The van der Waals surface area contributed by atoms with E-state index >= 15 is 0 Å². The van der Waals surface area contributed by atoms with Gasteiger partial charge in [-0.15, -0.1) is 0 Å². The predicted molar refractivity (Wildman–Crippen MR) is 84.3 cm³/mol. The predicted octanol–water partition coefficient (Wildman–Crippen LogP) is 3.58. The lowest BCUT2D eigenvalue weighted by molar-refractivity contribution is 0.0950. The summed E-state index contributed by atoms with van der Waals surface area (Å²) in [5.41, 5.74) is 2.25. The summed E-state index contributed by atoms with van der Waals surface area (Å²) in [6.45, 7) is 2.22. The first-order chi connectivity index (χ1) is 10.7. The number of nitrogens with zero attached hydrogens (tertiary/aromatic N) is 1. The lowest BCUT2D eigenvalue weighted by Gasteiger charge is -2.05. The van der Waals surface area contributed by atoms with Crippen molar-refractivity contribution in [1.82, 2.24) is 10.3 Å². The second-order valence-electron chi connectivity index (χ2n) is 4.97. The van der Waals surface area contributed by atoms with E-state index in [0.717, 1.165) is 11.3 Å². The van der Waals surface area contributed by atoms with Crippen LogP contribution in [0, 0.1) is 6.92 Å². The molecule has 4 heteroatoms. The van der Waals surface area contributed by atoms with E-state index in [4.69, 9.17) is 4.42 Å². The van der Waals surface area contributed by atoms with E-state index < -0.39 is 0 Å². The number of aromatic nitrogens is 1. The fourth-order valence-corrected chi connectivity index (χ4v) is 2.26. The quantitative estimate of drug-likeness (QED) is 0.799. The van der Waals surface area contributed by atoms with Crippen LogP contribution in [0.2, 0.25) is 0 Å². The highest BCUT2D eigenvalue weighted by atomic mass is 16.3. The highest BCUT2D eigenvalue weighted by Gasteiger charge is 2.17. The van der Waals surface area contributed by atoms with E-state index in [0.29, 0.717) is 23.6 Å². The van der Waals surface area contributed by atoms with Crippen molar-refractivity contribution in [2.75, 3.05) is 0 Å². The van der Waals surface area contributed by atoms with Crippen LogP contribution in [0.3, 0.4) is 0 Å². The molecule has 0 saturated heterocycles. The number of carbonyl (C=O) groups is 1. The number of hydrogen-bond acceptors (Lipinski definition) is 3. The van der Waals surface area contributed by atoms with Gasteiger partial charge in [-0.2, -0.15) is 0 Å². The molecule has 4 nitrogen and oxygen atoms in total. The zero-order valence-corrected chi connectivity index (χ0v) is 12.2. The van der Waals surface area contributed by atoms with Gasteiger partial charge in [0.1, 0.15) is 11.5 Å². The van der Waals surface area contributed by atoms with Crippen LogP contribution in [0.4, 0.5) is 0 Å². The summed E-state index contributed by atoms with van der Waals surface area (Å²) in [6, 6.07) is 17.0. The van der Waals surface area contributed by atoms with E-state index in [9.17, 15) is 4.79 Å². The van der Waals surface area contributed by atoms with Crippen LogP contribution in [0.5, 0.6) is 0 Å². The minimum atomic E-state index is -0.165. The van der Waals surface area contributed by atoms with Crippen LogP contribution in [-0.2, 0) is 6.54 Å². The molecule has 0 atom stereocenters. The molecule has 2 heterocycles. The molecule has 0 spiro atoms. The minimum Gasteiger partial charge on any atom is -0.461 e. The number of hydrogen-bond donors (Lipinski definition) is 1. The molecule has 0 saturated carbocycles. The molecular formula is C18H16N2O2. The van der Waals surface area contributed by atoms with Crippen LogP contribution in [0.25, 0.3) is 11.3 Å². The minimum absolute atomic E-state index is 0.165. The summed E-state index contributed by atoms with van der Waals surface area (Å²) in [6.07, 6.45) is 1.71. The van der Waals surface area contributed by atoms with Crippen molar-refractivity contribution in [1.29, 1.82) is 0 Å². The molecule has 0 fully saturated rings. The summed E-state index contributed by atoms with van der Waals surface area (Å²) < 4.78 is 5.70. The van der Waals surface area contributed by atoms with Crippen LogP contribution < -0.4 is 5.32 Å². The van der Waals surface area contributed by atoms with Gasteiger partial charge in [0.15, 0.2) is 0 Å². The van der Waals surface area contributed by atoms with E-state index in [2.05, 4.69) is 10.3 Å². The third-order valence-corrected chi connectivity index (χ3v) is 3.29. The number of nitrogens with one attached hydrogen (secondary N) is 1. The maximum Gasteiger partial charge on any atom is 0.255 e. The van der Waals surface area contributed by atoms with Gasteiger partial charge in [-0.25, -0.2) is 0 Å². The Hall–Kier alpha value is -2.88. The Morgan fingerprint density at radius 1 is 1.14 bits per heavy atom. The van der Waals surface area contributed by atoms with Crippen molar-refractivity contribution in [2.24, 2.45) is 0 Å². The average molecular weight is 292 g/mol. The smallest absolute Gasteiger partial charge is 0.255 e. The van der Waals surface area contributed by atoms with Crippen molar-refractivity contribution in [2.45, 2.75) is 13.5 Å². The Bertz CT molecular complexity index is 764. The Labute approximate surface area is 128 Å². The zero-order chi connectivity index (χ0) is 15.4. The number of aryl methyl sites for hydroxylation is 1. The monoisotopic (exact) mass is 292 g/mol. The molecule has 1 N–H and O–H groups in total. The SMILES string of the molecule is Cc1cc(C(=O)NCc2ccccn2)c(-c2ccccc2)o1. The van der Waals surface area contributed by atoms with E-state index in [1.807, 2.05) is 55.5 Å². The van der Waals surface area contributed by atoms with Crippen molar-refractivity contribution in [3.63, 3.8) is 0 Å². The van der Waals surface area contributed by atoms with Gasteiger partial charge < -0.3 is 9.73 Å². The first-order valence-electron chi connectivity index (χ1n) is 7.08.